The number of nitrogens with one attached hydrogen (secondary N) is 3. The predicted molar refractivity (Wildman–Crippen MR) is 153 cm³/mol. The van der Waals surface area contributed by atoms with Crippen LogP contribution in [0.5, 0.6) is 5.75 Å². The summed E-state index contributed by atoms with van der Waals surface area (Å²) in [5.74, 6) is -1.32. The molecule has 4 atom stereocenters. The zero-order valence-electron chi connectivity index (χ0n) is 22.8. The number of carbonyl (C=O) groups is 5. The summed E-state index contributed by atoms with van der Waals surface area (Å²) in [6.07, 6.45) is 1.32. The Balaban J connectivity index is 1.51. The van der Waals surface area contributed by atoms with Gasteiger partial charge in [-0.2, -0.15) is 0 Å². The minimum absolute atomic E-state index is 0.0960. The van der Waals surface area contributed by atoms with Crippen molar-refractivity contribution in [2.75, 3.05) is 24.6 Å². The fourth-order valence-corrected chi connectivity index (χ4v) is 8.12. The number of hydrogen-bond donors (Lipinski definition) is 5. The molecule has 0 aromatic heterocycles. The molecule has 2 saturated heterocycles. The molecule has 2 heterocycles. The molecule has 224 valence electrons. The normalized spacial score (nSPS) is 27.1. The maximum absolute atomic E-state index is 13.7. The summed E-state index contributed by atoms with van der Waals surface area (Å²) in [5, 5.41) is 27.3. The highest BCUT2D eigenvalue weighted by Crippen LogP contribution is 2.41. The van der Waals surface area contributed by atoms with Gasteiger partial charge in [-0.25, -0.2) is 4.79 Å². The molecule has 1 aliphatic carbocycles. The van der Waals surface area contributed by atoms with Crippen LogP contribution in [0.2, 0.25) is 0 Å². The van der Waals surface area contributed by atoms with Crippen molar-refractivity contribution >= 4 is 51.4 Å². The van der Waals surface area contributed by atoms with Crippen LogP contribution in [0.3, 0.4) is 0 Å². The largest absolute Gasteiger partial charge is 0.508 e. The van der Waals surface area contributed by atoms with Crippen molar-refractivity contribution in [1.29, 1.82) is 0 Å². The minimum Gasteiger partial charge on any atom is -0.508 e. The molecule has 0 bridgehead atoms. The third kappa shape index (κ3) is 7.59. The number of nitrogens with zero attached hydrogens (tertiary/aromatic N) is 1. The number of aromatic hydroxyl groups is 1. The summed E-state index contributed by atoms with van der Waals surface area (Å²) in [6.45, 7) is 2.00. The van der Waals surface area contributed by atoms with Gasteiger partial charge in [-0.05, 0) is 43.4 Å². The summed E-state index contributed by atoms with van der Waals surface area (Å²) in [5.41, 5.74) is 0.0702. The van der Waals surface area contributed by atoms with Gasteiger partial charge >= 0.3 is 6.16 Å². The van der Waals surface area contributed by atoms with Crippen LogP contribution in [0.4, 0.5) is 4.79 Å². The van der Waals surface area contributed by atoms with Gasteiger partial charge in [0.25, 0.3) is 0 Å². The number of carbonyl (C=O) groups excluding carboxylic acids is 4. The van der Waals surface area contributed by atoms with Gasteiger partial charge in [0.1, 0.15) is 17.8 Å². The first-order valence-electron chi connectivity index (χ1n) is 13.7. The zero-order valence-corrected chi connectivity index (χ0v) is 24.4. The first-order valence-corrected chi connectivity index (χ1v) is 16.2. The lowest BCUT2D eigenvalue weighted by atomic mass is 9.81. The monoisotopic (exact) mass is 608 g/mol. The van der Waals surface area contributed by atoms with Gasteiger partial charge < -0.3 is 35.8 Å². The Bertz CT molecular complexity index is 1140. The summed E-state index contributed by atoms with van der Waals surface area (Å²) in [7, 11) is 2.46. The van der Waals surface area contributed by atoms with E-state index in [9.17, 15) is 29.1 Å². The first-order chi connectivity index (χ1) is 19.6. The molecule has 2 aliphatic heterocycles. The molecule has 3 aliphatic rings. The highest BCUT2D eigenvalue weighted by atomic mass is 33.1. The van der Waals surface area contributed by atoms with E-state index in [1.165, 1.54) is 45.5 Å². The number of hydrogen-bond acceptors (Lipinski definition) is 9. The number of benzene rings is 1. The van der Waals surface area contributed by atoms with Crippen LogP contribution in [0.25, 0.3) is 0 Å². The van der Waals surface area contributed by atoms with Gasteiger partial charge in [-0.15, -0.1) is 0 Å². The third-order valence-corrected chi connectivity index (χ3v) is 10.4. The van der Waals surface area contributed by atoms with Gasteiger partial charge in [0, 0.05) is 31.7 Å². The Hall–Kier alpha value is -3.13. The fraction of sp³-hybridized carbons (Fsp3) is 0.593. The molecule has 1 spiro atoms. The fourth-order valence-electron chi connectivity index (χ4n) is 5.92. The van der Waals surface area contributed by atoms with Gasteiger partial charge in [-0.3, -0.25) is 19.2 Å². The molecule has 4 rings (SSSR count). The van der Waals surface area contributed by atoms with E-state index >= 15 is 0 Å². The summed E-state index contributed by atoms with van der Waals surface area (Å²) < 4.78 is 4.92. The number of amides is 4. The molecular weight excluding hydrogens is 572 g/mol. The quantitative estimate of drug-likeness (QED) is 0.252. The van der Waals surface area contributed by atoms with Crippen molar-refractivity contribution in [3.63, 3.8) is 0 Å². The number of carboxylic acid groups (broad SMARTS) is 1. The maximum Gasteiger partial charge on any atom is 0.507 e. The highest BCUT2D eigenvalue weighted by molar-refractivity contribution is 8.76. The molecule has 5 N–H and O–H groups in total. The number of phenolic OH excluding ortho intramolecular Hbond substituents is 1. The molecule has 1 aromatic carbocycles. The van der Waals surface area contributed by atoms with Gasteiger partial charge in [0.2, 0.25) is 23.6 Å². The summed E-state index contributed by atoms with van der Waals surface area (Å²) in [6, 6.07) is 4.77. The van der Waals surface area contributed by atoms with Crippen molar-refractivity contribution in [2.24, 2.45) is 5.41 Å². The minimum atomic E-state index is -1.50. The number of rotatable bonds is 4. The molecule has 3 fully saturated rings. The Labute approximate surface area is 246 Å². The number of ether oxygens (including phenoxy) is 1. The number of phenols is 1. The van der Waals surface area contributed by atoms with Gasteiger partial charge in [-0.1, -0.05) is 46.6 Å². The van der Waals surface area contributed by atoms with E-state index < -0.39 is 41.7 Å². The van der Waals surface area contributed by atoms with Crippen molar-refractivity contribution in [3.05, 3.63) is 29.8 Å². The summed E-state index contributed by atoms with van der Waals surface area (Å²) in [4.78, 5) is 65.4. The van der Waals surface area contributed by atoms with Crippen LogP contribution in [-0.2, 0) is 23.9 Å². The standard InChI is InChI=1S/C27H36N4O8S2/c1-16(32)31-13-8-19(17-4-6-18(33)7-5-17)22(31)24(35)29-20-14-40-41-15-21(39-26(37)38)30-25(36)27(9-2-3-10-27)11-12-28-23(20)34/h4-7,19-22,33H,2-3,8-15H2,1H3,(H,28,34)(H,29,35)(H,30,36)(H,37,38)/t19-,20+,21-,22+/m1/s1. The predicted octanol–water partition coefficient (Wildman–Crippen LogP) is 2.18. The topological polar surface area (TPSA) is 174 Å². The van der Waals surface area contributed by atoms with Crippen LogP contribution < -0.4 is 16.0 Å². The Morgan fingerprint density at radius 1 is 1.07 bits per heavy atom. The zero-order chi connectivity index (χ0) is 29.6. The van der Waals surface area contributed by atoms with E-state index in [0.29, 0.717) is 32.2 Å². The molecule has 4 amide bonds. The summed E-state index contributed by atoms with van der Waals surface area (Å²) >= 11 is 0. The van der Waals surface area contributed by atoms with E-state index in [0.717, 1.165) is 18.4 Å². The van der Waals surface area contributed by atoms with E-state index in [1.807, 2.05) is 0 Å². The van der Waals surface area contributed by atoms with E-state index in [2.05, 4.69) is 16.0 Å². The van der Waals surface area contributed by atoms with Crippen LogP contribution >= 0.6 is 21.6 Å². The second-order valence-electron chi connectivity index (χ2n) is 10.6. The van der Waals surface area contributed by atoms with Crippen molar-refractivity contribution in [3.8, 4) is 5.75 Å². The van der Waals surface area contributed by atoms with E-state index in [4.69, 9.17) is 9.84 Å². The lowest BCUT2D eigenvalue weighted by molar-refractivity contribution is -0.138. The smallest absolute Gasteiger partial charge is 0.507 e. The van der Waals surface area contributed by atoms with Crippen LogP contribution in [0.15, 0.2) is 24.3 Å². The molecule has 1 saturated carbocycles. The Morgan fingerprint density at radius 2 is 1.76 bits per heavy atom. The molecule has 0 radical (unpaired) electrons. The average molecular weight is 609 g/mol. The van der Waals surface area contributed by atoms with Crippen molar-refractivity contribution < 1.29 is 38.9 Å². The first kappa shape index (κ1) is 30.8. The van der Waals surface area contributed by atoms with Gasteiger partial charge in [0.15, 0.2) is 6.23 Å². The van der Waals surface area contributed by atoms with E-state index in [1.54, 1.807) is 12.1 Å². The Kier molecular flexibility index (Phi) is 10.3. The Morgan fingerprint density at radius 3 is 2.41 bits per heavy atom. The lowest BCUT2D eigenvalue weighted by Gasteiger charge is -2.30. The van der Waals surface area contributed by atoms with Crippen LogP contribution in [-0.4, -0.2) is 87.8 Å². The number of likely N-dealkylation sites (tertiary alicyclic amines) is 1. The van der Waals surface area contributed by atoms with Crippen molar-refractivity contribution in [2.45, 2.75) is 69.7 Å². The van der Waals surface area contributed by atoms with Crippen LogP contribution in [0.1, 0.15) is 56.9 Å². The average Bonchev–Trinajstić information content (AvgIpc) is 3.58. The molecule has 1 aromatic rings. The SMILES string of the molecule is CC(=O)N1CC[C@H](c2ccc(O)cc2)[C@H]1C(=O)N[C@H]1CSSC[C@@H](OC(=O)O)NC(=O)C2(CCCC2)CCNC1=O. The molecule has 0 unspecified atom stereocenters. The molecule has 12 nitrogen and oxygen atoms in total. The molecule has 41 heavy (non-hydrogen) atoms. The molecular formula is C27H36N4O8S2. The van der Waals surface area contributed by atoms with E-state index in [-0.39, 0.29) is 41.5 Å². The second kappa shape index (κ2) is 13.7. The molecule has 14 heteroatoms. The lowest BCUT2D eigenvalue weighted by Crippen LogP contribution is -2.55. The maximum atomic E-state index is 13.7. The third-order valence-electron chi connectivity index (χ3n) is 8.04. The van der Waals surface area contributed by atoms with Crippen molar-refractivity contribution in [1.82, 2.24) is 20.9 Å². The van der Waals surface area contributed by atoms with Gasteiger partial charge in [0.05, 0.1) is 11.2 Å². The second-order valence-corrected chi connectivity index (χ2v) is 13.2. The highest BCUT2D eigenvalue weighted by Gasteiger charge is 2.44. The van der Waals surface area contributed by atoms with Crippen LogP contribution in [0, 0.1) is 5.41 Å².